The molecule has 0 heterocycles. The van der Waals surface area contributed by atoms with Crippen molar-refractivity contribution in [2.75, 3.05) is 32.1 Å². The molecule has 0 fully saturated rings. The Hall–Kier alpha value is 0.210. The van der Waals surface area contributed by atoms with Gasteiger partial charge in [-0.15, -0.1) is 9.05 Å². The summed E-state index contributed by atoms with van der Waals surface area (Å²) in [4.78, 5) is 0. The average molecular weight is 428 g/mol. The second-order valence-electron chi connectivity index (χ2n) is 6.75. The minimum atomic E-state index is -2.28. The molecule has 0 radical (unpaired) electrons. The third-order valence-electron chi connectivity index (χ3n) is 3.92. The van der Waals surface area contributed by atoms with Crippen LogP contribution < -0.4 is 0 Å². The second-order valence-corrected chi connectivity index (χ2v) is 10.5. The molecule has 0 amide bonds. The van der Waals surface area contributed by atoms with Crippen molar-refractivity contribution in [3.8, 4) is 0 Å². The summed E-state index contributed by atoms with van der Waals surface area (Å²) in [5.41, 5.74) is 0. The predicted octanol–water partition coefficient (Wildman–Crippen LogP) is 7.96. The first-order chi connectivity index (χ1) is 13.0. The molecule has 0 rings (SSSR count). The molecule has 0 aliphatic heterocycles. The molecule has 0 saturated heterocycles. The summed E-state index contributed by atoms with van der Waals surface area (Å²) < 4.78 is 38.7. The van der Waals surface area contributed by atoms with E-state index < -0.39 is 15.6 Å². The van der Waals surface area contributed by atoms with Crippen LogP contribution in [0.25, 0.3) is 0 Å². The molecule has 5 nitrogen and oxygen atoms in total. The van der Waals surface area contributed by atoms with Gasteiger partial charge in [-0.25, -0.2) is 0 Å². The Bertz CT molecular complexity index is 340. The van der Waals surface area contributed by atoms with E-state index >= 15 is 0 Å². The zero-order valence-corrected chi connectivity index (χ0v) is 20.3. The van der Waals surface area contributed by atoms with Gasteiger partial charge in [-0.2, -0.15) is 0 Å². The fraction of sp³-hybridized carbons (Fsp3) is 1.00. The highest BCUT2D eigenvalue weighted by Gasteiger charge is 2.21. The number of hydrogen-bond acceptors (Lipinski definition) is 5. The Morgan fingerprint density at radius 2 is 1.00 bits per heavy atom. The molecule has 0 bridgehead atoms. The van der Waals surface area contributed by atoms with Crippen LogP contribution in [0, 0.1) is 0 Å². The molecule has 0 aliphatic rings. The van der Waals surface area contributed by atoms with E-state index in [9.17, 15) is 9.13 Å². The predicted molar refractivity (Wildman–Crippen MR) is 117 cm³/mol. The van der Waals surface area contributed by atoms with Gasteiger partial charge in [0.15, 0.2) is 0 Å². The van der Waals surface area contributed by atoms with Gasteiger partial charge in [0.1, 0.15) is 13.2 Å². The molecular formula is C20H45O5P2+. The van der Waals surface area contributed by atoms with E-state index in [0.29, 0.717) is 19.8 Å². The fourth-order valence-corrected chi connectivity index (χ4v) is 5.19. The molecule has 0 atom stereocenters. The van der Waals surface area contributed by atoms with E-state index in [2.05, 4.69) is 34.6 Å². The quantitative estimate of drug-likeness (QED) is 0.164. The van der Waals surface area contributed by atoms with Gasteiger partial charge in [0.05, 0.1) is 6.61 Å². The van der Waals surface area contributed by atoms with Crippen LogP contribution in [0.1, 0.15) is 98.8 Å². The number of unbranched alkanes of at least 4 members (excludes halogenated alkanes) is 5. The van der Waals surface area contributed by atoms with Gasteiger partial charge in [0.2, 0.25) is 7.37 Å². The molecule has 0 unspecified atom stereocenters. The number of hydrogen-bond donors (Lipinski definition) is 0. The summed E-state index contributed by atoms with van der Waals surface area (Å²) in [6, 6.07) is 0. The Kier molecular flexibility index (Phi) is 24.5. The lowest BCUT2D eigenvalue weighted by atomic mass is 10.4. The van der Waals surface area contributed by atoms with Crippen molar-refractivity contribution in [3.63, 3.8) is 0 Å². The van der Waals surface area contributed by atoms with Crippen LogP contribution in [0.3, 0.4) is 0 Å². The lowest BCUT2D eigenvalue weighted by molar-refractivity contribution is 0.221. The largest absolute Gasteiger partial charge is 0.697 e. The minimum Gasteiger partial charge on any atom is -0.328 e. The van der Waals surface area contributed by atoms with Crippen molar-refractivity contribution in [1.82, 2.24) is 0 Å². The molecule has 0 aromatic rings. The van der Waals surface area contributed by atoms with Crippen molar-refractivity contribution in [3.05, 3.63) is 0 Å². The zero-order valence-electron chi connectivity index (χ0n) is 18.5. The molecule has 27 heavy (non-hydrogen) atoms. The first kappa shape index (κ1) is 29.4. The molecule has 0 spiro atoms. The summed E-state index contributed by atoms with van der Waals surface area (Å²) in [6.07, 6.45) is 12.0. The van der Waals surface area contributed by atoms with Crippen molar-refractivity contribution in [2.45, 2.75) is 98.8 Å². The minimum absolute atomic E-state index is 0.540. The van der Waals surface area contributed by atoms with Gasteiger partial charge < -0.3 is 4.52 Å². The highest BCUT2D eigenvalue weighted by molar-refractivity contribution is 7.58. The van der Waals surface area contributed by atoms with Crippen LogP contribution in [0.5, 0.6) is 0 Å². The summed E-state index contributed by atoms with van der Waals surface area (Å²) in [7, 11) is -4.14. The Balaban J connectivity index is 0. The van der Waals surface area contributed by atoms with Crippen molar-refractivity contribution < 1.29 is 22.7 Å². The molecule has 0 saturated carbocycles. The molecule has 0 N–H and O–H groups in total. The average Bonchev–Trinajstić information content (AvgIpc) is 2.66. The third-order valence-corrected chi connectivity index (χ3v) is 7.35. The second kappa shape index (κ2) is 22.5. The molecular weight excluding hydrogens is 382 g/mol. The van der Waals surface area contributed by atoms with Gasteiger partial charge in [0.25, 0.3) is 0 Å². The van der Waals surface area contributed by atoms with Crippen molar-refractivity contribution in [2.24, 2.45) is 0 Å². The monoisotopic (exact) mass is 427 g/mol. The van der Waals surface area contributed by atoms with Crippen LogP contribution in [0.2, 0.25) is 0 Å². The van der Waals surface area contributed by atoms with E-state index in [1.807, 2.05) is 0 Å². The van der Waals surface area contributed by atoms with Crippen molar-refractivity contribution >= 4 is 15.6 Å². The first-order valence-electron chi connectivity index (χ1n) is 10.9. The standard InChI is InChI=1S/C12H27O2P.C8H18O3P/c1-4-7-10-14-15(13,11-8-5-2)12-9-6-3;1-3-5-7-10-12(9)11-8-6-4-2/h4-12H2,1-3H3;3-8H2,1-2H3/q;+1. The van der Waals surface area contributed by atoms with E-state index in [-0.39, 0.29) is 0 Å². The summed E-state index contributed by atoms with van der Waals surface area (Å²) in [6.45, 7) is 12.3. The van der Waals surface area contributed by atoms with Gasteiger partial charge in [0, 0.05) is 16.9 Å². The van der Waals surface area contributed by atoms with Crippen LogP contribution in [0.15, 0.2) is 0 Å². The highest BCUT2D eigenvalue weighted by atomic mass is 31.2. The van der Waals surface area contributed by atoms with Gasteiger partial charge in [-0.1, -0.05) is 66.7 Å². The molecule has 164 valence electrons. The Labute approximate surface area is 169 Å². The third kappa shape index (κ3) is 22.4. The van der Waals surface area contributed by atoms with E-state index in [1.165, 1.54) is 0 Å². The van der Waals surface area contributed by atoms with Crippen LogP contribution in [0.4, 0.5) is 0 Å². The zero-order chi connectivity index (χ0) is 20.8. The normalized spacial score (nSPS) is 11.1. The van der Waals surface area contributed by atoms with E-state index in [4.69, 9.17) is 13.6 Å². The maximum absolute atomic E-state index is 12.4. The summed E-state index contributed by atoms with van der Waals surface area (Å²) in [5.74, 6) is 0. The van der Waals surface area contributed by atoms with Crippen LogP contribution in [-0.2, 0) is 22.7 Å². The lowest BCUT2D eigenvalue weighted by Gasteiger charge is -2.18. The van der Waals surface area contributed by atoms with E-state index in [0.717, 1.165) is 76.5 Å². The first-order valence-corrected chi connectivity index (χ1v) is 14.0. The van der Waals surface area contributed by atoms with Gasteiger partial charge >= 0.3 is 8.25 Å². The maximum atomic E-state index is 12.4. The Morgan fingerprint density at radius 3 is 1.37 bits per heavy atom. The summed E-state index contributed by atoms with van der Waals surface area (Å²) >= 11 is 0. The van der Waals surface area contributed by atoms with Crippen LogP contribution in [-0.4, -0.2) is 32.1 Å². The Morgan fingerprint density at radius 1 is 0.630 bits per heavy atom. The molecule has 7 heteroatoms. The van der Waals surface area contributed by atoms with Gasteiger partial charge in [-0.05, 0) is 32.1 Å². The molecule has 0 aliphatic carbocycles. The highest BCUT2D eigenvalue weighted by Crippen LogP contribution is 2.48. The lowest BCUT2D eigenvalue weighted by Crippen LogP contribution is -2.01. The maximum Gasteiger partial charge on any atom is 0.697 e. The van der Waals surface area contributed by atoms with Crippen LogP contribution >= 0.6 is 15.6 Å². The fourth-order valence-electron chi connectivity index (χ4n) is 2.02. The van der Waals surface area contributed by atoms with E-state index in [1.54, 1.807) is 0 Å². The molecule has 0 aromatic heterocycles. The molecule has 0 aromatic carbocycles. The number of rotatable bonds is 18. The smallest absolute Gasteiger partial charge is 0.328 e. The van der Waals surface area contributed by atoms with Crippen molar-refractivity contribution in [1.29, 1.82) is 0 Å². The summed E-state index contributed by atoms with van der Waals surface area (Å²) in [5, 5.41) is 0. The SMILES string of the molecule is CCCCOP(=O)(CCCC)CCCC.CCCCO[P+](=O)OCCCC. The van der Waals surface area contributed by atoms with Gasteiger partial charge in [-0.3, -0.25) is 4.57 Å². The topological polar surface area (TPSA) is 61.8 Å².